The van der Waals surface area contributed by atoms with Gasteiger partial charge in [-0.15, -0.1) is 0 Å². The predicted octanol–water partition coefficient (Wildman–Crippen LogP) is 2.48. The van der Waals surface area contributed by atoms with E-state index in [1.807, 2.05) is 0 Å². The molecule has 2 fully saturated rings. The lowest BCUT2D eigenvalue weighted by Crippen LogP contribution is -2.42. The highest BCUT2D eigenvalue weighted by Gasteiger charge is 2.49. The number of carbonyl (C=O) groups is 1. The molecule has 1 amide bonds. The maximum atomic E-state index is 12.9. The number of fused-ring (bicyclic) bond motifs is 2. The number of halogens is 3. The Labute approximate surface area is 132 Å². The van der Waals surface area contributed by atoms with Crippen molar-refractivity contribution in [2.24, 2.45) is 29.2 Å². The maximum absolute atomic E-state index is 12.9. The second-order valence-electron chi connectivity index (χ2n) is 6.55. The fourth-order valence-corrected chi connectivity index (χ4v) is 4.00. The van der Waals surface area contributed by atoms with Crippen LogP contribution in [0.15, 0.2) is 18.2 Å². The molecule has 2 aliphatic rings. The third-order valence-corrected chi connectivity index (χ3v) is 5.11. The molecule has 7 heteroatoms. The smallest absolute Gasteiger partial charge is 0.327 e. The first-order valence-electron chi connectivity index (χ1n) is 7.77. The Morgan fingerprint density at radius 3 is 2.48 bits per heavy atom. The average molecular weight is 327 g/mol. The zero-order chi connectivity index (χ0) is 16.8. The van der Waals surface area contributed by atoms with Crippen molar-refractivity contribution in [1.82, 2.24) is 0 Å². The molecule has 3 rings (SSSR count). The molecule has 0 heterocycles. The van der Waals surface area contributed by atoms with Crippen LogP contribution in [0.25, 0.3) is 0 Å². The third-order valence-electron chi connectivity index (χ3n) is 5.11. The molecule has 1 aromatic rings. The largest absolute Gasteiger partial charge is 0.416 e. The summed E-state index contributed by atoms with van der Waals surface area (Å²) < 4.78 is 38.8. The van der Waals surface area contributed by atoms with Gasteiger partial charge in [0.2, 0.25) is 5.91 Å². The van der Waals surface area contributed by atoms with Gasteiger partial charge in [-0.1, -0.05) is 0 Å². The second kappa shape index (κ2) is 5.79. The van der Waals surface area contributed by atoms with Crippen LogP contribution in [0, 0.1) is 17.8 Å². The van der Waals surface area contributed by atoms with Crippen LogP contribution in [0.5, 0.6) is 0 Å². The molecule has 2 bridgehead atoms. The fraction of sp³-hybridized carbons (Fsp3) is 0.562. The standard InChI is InChI=1S/C16H20F3N3O/c17-16(18,19)11-3-8(7-20)4-12(6-11)22-15(23)13-9-1-2-10(5-9)14(13)21/h3-4,6,9-10,13-14H,1-2,5,7,20-21H2,(H,22,23). The molecule has 5 N–H and O–H groups in total. The van der Waals surface area contributed by atoms with E-state index >= 15 is 0 Å². The monoisotopic (exact) mass is 327 g/mol. The van der Waals surface area contributed by atoms with Gasteiger partial charge in [0.1, 0.15) is 0 Å². The van der Waals surface area contributed by atoms with E-state index in [9.17, 15) is 18.0 Å². The van der Waals surface area contributed by atoms with E-state index in [4.69, 9.17) is 11.5 Å². The Hall–Kier alpha value is -1.60. The summed E-state index contributed by atoms with van der Waals surface area (Å²) in [6.45, 7) is -0.0273. The van der Waals surface area contributed by atoms with E-state index in [0.29, 0.717) is 11.5 Å². The van der Waals surface area contributed by atoms with Crippen LogP contribution in [-0.2, 0) is 17.5 Å². The van der Waals surface area contributed by atoms with Gasteiger partial charge < -0.3 is 16.8 Å². The van der Waals surface area contributed by atoms with Crippen LogP contribution in [0.1, 0.15) is 30.4 Å². The zero-order valence-corrected chi connectivity index (χ0v) is 12.6. The number of rotatable bonds is 3. The molecule has 2 aliphatic carbocycles. The van der Waals surface area contributed by atoms with Crippen LogP contribution < -0.4 is 16.8 Å². The van der Waals surface area contributed by atoms with Crippen molar-refractivity contribution in [2.45, 2.75) is 38.0 Å². The summed E-state index contributed by atoms with van der Waals surface area (Å²) in [5, 5.41) is 2.61. The molecule has 4 unspecified atom stereocenters. The molecule has 0 spiro atoms. The van der Waals surface area contributed by atoms with Crippen molar-refractivity contribution < 1.29 is 18.0 Å². The number of nitrogens with one attached hydrogen (secondary N) is 1. The van der Waals surface area contributed by atoms with Crippen LogP contribution in [0.4, 0.5) is 18.9 Å². The van der Waals surface area contributed by atoms with Crippen molar-refractivity contribution in [3.05, 3.63) is 29.3 Å². The number of carbonyl (C=O) groups excluding carboxylic acids is 1. The summed E-state index contributed by atoms with van der Waals surface area (Å²) in [5.74, 6) is 0.00301. The van der Waals surface area contributed by atoms with Gasteiger partial charge in [-0.2, -0.15) is 13.2 Å². The SMILES string of the molecule is NCc1cc(NC(=O)C2C3CCC(C3)C2N)cc(C(F)(F)F)c1. The van der Waals surface area contributed by atoms with Gasteiger partial charge in [-0.3, -0.25) is 4.79 Å². The van der Waals surface area contributed by atoms with Crippen LogP contribution in [0.2, 0.25) is 0 Å². The summed E-state index contributed by atoms with van der Waals surface area (Å²) in [4.78, 5) is 12.5. The van der Waals surface area contributed by atoms with Gasteiger partial charge in [0.15, 0.2) is 0 Å². The summed E-state index contributed by atoms with van der Waals surface area (Å²) in [6, 6.07) is 3.22. The Morgan fingerprint density at radius 2 is 1.91 bits per heavy atom. The predicted molar refractivity (Wildman–Crippen MR) is 80.3 cm³/mol. The first-order chi connectivity index (χ1) is 10.8. The highest BCUT2D eigenvalue weighted by Crippen LogP contribution is 2.48. The molecule has 0 saturated heterocycles. The van der Waals surface area contributed by atoms with E-state index in [2.05, 4.69) is 5.32 Å². The van der Waals surface area contributed by atoms with Crippen LogP contribution in [0.3, 0.4) is 0 Å². The lowest BCUT2D eigenvalue weighted by molar-refractivity contribution is -0.137. The quantitative estimate of drug-likeness (QED) is 0.798. The van der Waals surface area contributed by atoms with Crippen LogP contribution in [-0.4, -0.2) is 11.9 Å². The second-order valence-corrected chi connectivity index (χ2v) is 6.55. The van der Waals surface area contributed by atoms with Crippen LogP contribution >= 0.6 is 0 Å². The molecule has 126 valence electrons. The number of anilines is 1. The maximum Gasteiger partial charge on any atom is 0.416 e. The van der Waals surface area contributed by atoms with Crippen molar-refractivity contribution >= 4 is 11.6 Å². The normalized spacial score (nSPS) is 29.8. The van der Waals surface area contributed by atoms with Gasteiger partial charge >= 0.3 is 6.18 Å². The summed E-state index contributed by atoms with van der Waals surface area (Å²) >= 11 is 0. The number of hydrogen-bond acceptors (Lipinski definition) is 3. The molecule has 4 nitrogen and oxygen atoms in total. The molecule has 0 radical (unpaired) electrons. The van der Waals surface area contributed by atoms with Gasteiger partial charge in [0.25, 0.3) is 0 Å². The first kappa shape index (κ1) is 16.3. The lowest BCUT2D eigenvalue weighted by Gasteiger charge is -2.27. The lowest BCUT2D eigenvalue weighted by atomic mass is 9.84. The molecular weight excluding hydrogens is 307 g/mol. The minimum Gasteiger partial charge on any atom is -0.327 e. The highest BCUT2D eigenvalue weighted by atomic mass is 19.4. The van der Waals surface area contributed by atoms with Gasteiger partial charge in [-0.05, 0) is 54.9 Å². The van der Waals surface area contributed by atoms with Gasteiger partial charge in [0.05, 0.1) is 11.5 Å². The molecule has 4 atom stereocenters. The van der Waals surface area contributed by atoms with Crippen molar-refractivity contribution in [2.75, 3.05) is 5.32 Å². The molecule has 1 aromatic carbocycles. The van der Waals surface area contributed by atoms with E-state index < -0.39 is 11.7 Å². The summed E-state index contributed by atoms with van der Waals surface area (Å²) in [6.07, 6.45) is -1.53. The number of benzene rings is 1. The molecule has 23 heavy (non-hydrogen) atoms. The number of hydrogen-bond donors (Lipinski definition) is 3. The van der Waals surface area contributed by atoms with E-state index in [-0.39, 0.29) is 36.0 Å². The fourth-order valence-electron chi connectivity index (χ4n) is 4.00. The minimum atomic E-state index is -4.48. The van der Waals surface area contributed by atoms with E-state index in [0.717, 1.165) is 31.4 Å². The van der Waals surface area contributed by atoms with Gasteiger partial charge in [0, 0.05) is 18.3 Å². The average Bonchev–Trinajstić information content (AvgIpc) is 3.06. The number of nitrogens with two attached hydrogens (primary N) is 2. The summed E-state index contributed by atoms with van der Waals surface area (Å²) in [5.41, 5.74) is 11.2. The topological polar surface area (TPSA) is 81.1 Å². The van der Waals surface area contributed by atoms with Crippen molar-refractivity contribution in [1.29, 1.82) is 0 Å². The molecule has 2 saturated carbocycles. The Morgan fingerprint density at radius 1 is 1.22 bits per heavy atom. The Balaban J connectivity index is 1.81. The molecular formula is C16H20F3N3O. The minimum absolute atomic E-state index is 0.0273. The number of alkyl halides is 3. The van der Waals surface area contributed by atoms with E-state index in [1.54, 1.807) is 0 Å². The number of amides is 1. The van der Waals surface area contributed by atoms with Crippen molar-refractivity contribution in [3.8, 4) is 0 Å². The van der Waals surface area contributed by atoms with Gasteiger partial charge in [-0.25, -0.2) is 0 Å². The Bertz CT molecular complexity index is 615. The highest BCUT2D eigenvalue weighted by molar-refractivity contribution is 5.93. The Kier molecular flexibility index (Phi) is 4.10. The summed E-state index contributed by atoms with van der Waals surface area (Å²) in [7, 11) is 0. The van der Waals surface area contributed by atoms with E-state index in [1.165, 1.54) is 6.07 Å². The van der Waals surface area contributed by atoms with Crippen molar-refractivity contribution in [3.63, 3.8) is 0 Å². The first-order valence-corrected chi connectivity index (χ1v) is 7.77. The molecule has 0 aliphatic heterocycles. The third kappa shape index (κ3) is 3.07. The molecule has 0 aromatic heterocycles. The zero-order valence-electron chi connectivity index (χ0n) is 12.6.